The zero-order chi connectivity index (χ0) is 28.5. The third-order valence-electron chi connectivity index (χ3n) is 7.32. The van der Waals surface area contributed by atoms with Crippen LogP contribution in [0.5, 0.6) is 11.5 Å². The van der Waals surface area contributed by atoms with Gasteiger partial charge in [0.15, 0.2) is 11.2 Å². The number of halogens is 2. The van der Waals surface area contributed by atoms with Gasteiger partial charge in [-0.25, -0.2) is 4.98 Å². The number of carbonyl (C=O) groups excluding carboxylic acids is 2. The SMILES string of the molecule is COc1ccc(N2C(=O)c3nc(-c4ccc(N)cc4OC)n(C(C)C)c3C23C(=O)Nc2cc(Cl)ccc23)cc1Cl. The van der Waals surface area contributed by atoms with E-state index >= 15 is 0 Å². The molecule has 0 saturated carbocycles. The van der Waals surface area contributed by atoms with Crippen molar-refractivity contribution in [3.8, 4) is 22.9 Å². The van der Waals surface area contributed by atoms with Crippen LogP contribution in [0, 0.1) is 0 Å². The van der Waals surface area contributed by atoms with E-state index in [0.29, 0.717) is 61.3 Å². The highest BCUT2D eigenvalue weighted by Crippen LogP contribution is 2.55. The molecule has 1 atom stereocenters. The Hall–Kier alpha value is -4.21. The summed E-state index contributed by atoms with van der Waals surface area (Å²) in [6.07, 6.45) is 0. The first-order valence-electron chi connectivity index (χ1n) is 12.5. The maximum absolute atomic E-state index is 14.4. The second-order valence-corrected chi connectivity index (χ2v) is 10.7. The highest BCUT2D eigenvalue weighted by atomic mass is 35.5. The molecule has 0 saturated heterocycles. The number of hydrogen-bond donors (Lipinski definition) is 2. The minimum absolute atomic E-state index is 0.146. The molecule has 1 aromatic heterocycles. The number of rotatable bonds is 5. The molecular formula is C29H25Cl2N5O4. The van der Waals surface area contributed by atoms with Gasteiger partial charge in [0.2, 0.25) is 0 Å². The van der Waals surface area contributed by atoms with Gasteiger partial charge in [0.25, 0.3) is 11.8 Å². The molecule has 2 amide bonds. The molecule has 9 nitrogen and oxygen atoms in total. The molecule has 204 valence electrons. The molecule has 0 fully saturated rings. The highest BCUT2D eigenvalue weighted by Gasteiger charge is 2.64. The van der Waals surface area contributed by atoms with Crippen LogP contribution in [0.25, 0.3) is 11.4 Å². The zero-order valence-electron chi connectivity index (χ0n) is 22.1. The van der Waals surface area contributed by atoms with Gasteiger partial charge in [0.05, 0.1) is 30.5 Å². The normalized spacial score (nSPS) is 17.4. The van der Waals surface area contributed by atoms with Crippen LogP contribution in [-0.4, -0.2) is 35.6 Å². The van der Waals surface area contributed by atoms with Crippen LogP contribution in [0.1, 0.15) is 41.6 Å². The van der Waals surface area contributed by atoms with Gasteiger partial charge in [0, 0.05) is 39.8 Å². The molecule has 3 heterocycles. The number of anilines is 3. The number of aromatic nitrogens is 2. The molecular weight excluding hydrogens is 553 g/mol. The summed E-state index contributed by atoms with van der Waals surface area (Å²) in [5, 5.41) is 3.70. The number of nitrogens with two attached hydrogens (primary N) is 1. The summed E-state index contributed by atoms with van der Waals surface area (Å²) in [5.74, 6) is 0.543. The summed E-state index contributed by atoms with van der Waals surface area (Å²) in [6.45, 7) is 3.94. The first-order valence-corrected chi connectivity index (χ1v) is 13.2. The summed E-state index contributed by atoms with van der Waals surface area (Å²) < 4.78 is 12.9. The van der Waals surface area contributed by atoms with Crippen LogP contribution in [0.3, 0.4) is 0 Å². The second-order valence-electron chi connectivity index (χ2n) is 9.87. The third-order valence-corrected chi connectivity index (χ3v) is 7.85. The van der Waals surface area contributed by atoms with Crippen molar-refractivity contribution < 1.29 is 19.1 Å². The molecule has 4 aromatic rings. The molecule has 1 spiro atoms. The minimum atomic E-state index is -1.60. The fourth-order valence-electron chi connectivity index (χ4n) is 5.71. The van der Waals surface area contributed by atoms with E-state index in [-0.39, 0.29) is 11.7 Å². The van der Waals surface area contributed by atoms with Crippen LogP contribution in [0.15, 0.2) is 54.6 Å². The molecule has 3 N–H and O–H groups in total. The quantitative estimate of drug-likeness (QED) is 0.286. The number of nitrogen functional groups attached to an aromatic ring is 1. The van der Waals surface area contributed by atoms with Gasteiger partial charge in [-0.15, -0.1) is 0 Å². The summed E-state index contributed by atoms with van der Waals surface area (Å²) in [4.78, 5) is 35.0. The second kappa shape index (κ2) is 9.18. The van der Waals surface area contributed by atoms with Crippen LogP contribution < -0.4 is 25.4 Å². The monoisotopic (exact) mass is 577 g/mol. The van der Waals surface area contributed by atoms with Crippen molar-refractivity contribution in [2.45, 2.75) is 25.4 Å². The van der Waals surface area contributed by atoms with Gasteiger partial charge in [0.1, 0.15) is 17.3 Å². The van der Waals surface area contributed by atoms with Gasteiger partial charge < -0.3 is 25.1 Å². The Morgan fingerprint density at radius 3 is 2.40 bits per heavy atom. The number of imidazole rings is 1. The molecule has 2 aliphatic rings. The minimum Gasteiger partial charge on any atom is -0.496 e. The Morgan fingerprint density at radius 2 is 1.73 bits per heavy atom. The Morgan fingerprint density at radius 1 is 0.975 bits per heavy atom. The van der Waals surface area contributed by atoms with Crippen LogP contribution in [0.4, 0.5) is 17.1 Å². The van der Waals surface area contributed by atoms with E-state index in [9.17, 15) is 9.59 Å². The largest absolute Gasteiger partial charge is 0.496 e. The number of amides is 2. The Kier molecular flexibility index (Phi) is 5.97. The molecule has 6 rings (SSSR count). The van der Waals surface area contributed by atoms with Crippen molar-refractivity contribution in [1.29, 1.82) is 0 Å². The maximum Gasteiger partial charge on any atom is 0.280 e. The van der Waals surface area contributed by atoms with E-state index in [0.717, 1.165) is 0 Å². The van der Waals surface area contributed by atoms with Gasteiger partial charge in [-0.05, 0) is 56.3 Å². The lowest BCUT2D eigenvalue weighted by Gasteiger charge is -2.36. The Labute approximate surface area is 240 Å². The summed E-state index contributed by atoms with van der Waals surface area (Å²) in [5.41, 5.74) is 7.64. The van der Waals surface area contributed by atoms with Crippen molar-refractivity contribution in [2.24, 2.45) is 0 Å². The van der Waals surface area contributed by atoms with Crippen molar-refractivity contribution in [3.05, 3.63) is 81.6 Å². The van der Waals surface area contributed by atoms with Gasteiger partial charge in [-0.3, -0.25) is 14.5 Å². The number of benzene rings is 3. The fraction of sp³-hybridized carbons (Fsp3) is 0.207. The van der Waals surface area contributed by atoms with Gasteiger partial charge >= 0.3 is 0 Å². The molecule has 1 unspecified atom stereocenters. The van der Waals surface area contributed by atoms with E-state index in [1.807, 2.05) is 18.4 Å². The topological polar surface area (TPSA) is 112 Å². The van der Waals surface area contributed by atoms with E-state index in [2.05, 4.69) is 5.32 Å². The van der Waals surface area contributed by atoms with Crippen molar-refractivity contribution in [3.63, 3.8) is 0 Å². The van der Waals surface area contributed by atoms with Crippen LogP contribution >= 0.6 is 23.2 Å². The molecule has 0 bridgehead atoms. The van der Waals surface area contributed by atoms with Gasteiger partial charge in [-0.1, -0.05) is 29.3 Å². The lowest BCUT2D eigenvalue weighted by Crippen LogP contribution is -2.51. The number of methoxy groups -OCH3 is 2. The highest BCUT2D eigenvalue weighted by molar-refractivity contribution is 6.33. The Bertz CT molecular complexity index is 1730. The van der Waals surface area contributed by atoms with Crippen LogP contribution in [0.2, 0.25) is 10.0 Å². The number of nitrogens with one attached hydrogen (secondary N) is 1. The smallest absolute Gasteiger partial charge is 0.280 e. The van der Waals surface area contributed by atoms with E-state index in [4.69, 9.17) is 43.4 Å². The number of ether oxygens (including phenoxy) is 2. The summed E-state index contributed by atoms with van der Waals surface area (Å²) in [7, 11) is 3.05. The number of hydrogen-bond acceptors (Lipinski definition) is 6. The summed E-state index contributed by atoms with van der Waals surface area (Å²) in [6, 6.07) is 15.1. The molecule has 3 aromatic carbocycles. The van der Waals surface area contributed by atoms with Crippen LogP contribution in [-0.2, 0) is 10.3 Å². The zero-order valence-corrected chi connectivity index (χ0v) is 23.6. The van der Waals surface area contributed by atoms with E-state index in [1.54, 1.807) is 61.7 Å². The lowest BCUT2D eigenvalue weighted by atomic mass is 9.87. The van der Waals surface area contributed by atoms with Crippen molar-refractivity contribution >= 4 is 52.1 Å². The fourth-order valence-corrected chi connectivity index (χ4v) is 6.13. The predicted molar refractivity (Wildman–Crippen MR) is 155 cm³/mol. The first-order chi connectivity index (χ1) is 19.1. The predicted octanol–water partition coefficient (Wildman–Crippen LogP) is 5.89. The average molecular weight is 578 g/mol. The molecule has 11 heteroatoms. The molecule has 0 radical (unpaired) electrons. The maximum atomic E-state index is 14.4. The molecule has 0 aliphatic carbocycles. The third kappa shape index (κ3) is 3.44. The number of fused-ring (bicyclic) bond motifs is 4. The summed E-state index contributed by atoms with van der Waals surface area (Å²) >= 11 is 12.8. The number of nitrogens with zero attached hydrogens (tertiary/aromatic N) is 3. The molecule has 2 aliphatic heterocycles. The first kappa shape index (κ1) is 26.0. The van der Waals surface area contributed by atoms with Crippen molar-refractivity contribution in [2.75, 3.05) is 30.2 Å². The molecule has 40 heavy (non-hydrogen) atoms. The number of carbonyl (C=O) groups is 2. The standard InChI is InChI=1S/C29H25Cl2N5O4/c1-14(2)35-25-24(34-26(35)18-8-6-16(32)12-23(18)40-4)27(37)36(17-7-10-22(39-3)20(31)13-17)29(25)19-9-5-15(30)11-21(19)33-28(29)38/h5-14H,32H2,1-4H3,(H,33,38). The average Bonchev–Trinajstić information content (AvgIpc) is 3.52. The van der Waals surface area contributed by atoms with Gasteiger partial charge in [-0.2, -0.15) is 0 Å². The van der Waals surface area contributed by atoms with E-state index < -0.39 is 17.4 Å². The van der Waals surface area contributed by atoms with Crippen molar-refractivity contribution in [1.82, 2.24) is 9.55 Å². The lowest BCUT2D eigenvalue weighted by molar-refractivity contribution is -0.119. The Balaban J connectivity index is 1.71. The van der Waals surface area contributed by atoms with E-state index in [1.165, 1.54) is 12.0 Å².